The predicted molar refractivity (Wildman–Crippen MR) is 177 cm³/mol. The molecular formula is C38H46N2O5. The Balaban J connectivity index is 1.34. The lowest BCUT2D eigenvalue weighted by atomic mass is 9.89. The standard InChI is InChI=1S/C38H46N2O5/c1-4-21-40(34-11-6-7-12-34)25-35-27(3)36(31-15-13-28(26-41)14-16-31)45-37(44-35)32-19-17-30(18-20-32)33-10-8-9-29(23-33)24-39-38(42)43-22-5-2/h4-5,8-10,13-20,23,27,34-37,41H,1-2,6-7,11-12,21-22,24-26H2,3H3,(H,39,42). The molecule has 7 nitrogen and oxygen atoms in total. The first-order valence-electron chi connectivity index (χ1n) is 16.1. The van der Waals surface area contributed by atoms with E-state index in [2.05, 4.69) is 78.8 Å². The van der Waals surface area contributed by atoms with Crippen molar-refractivity contribution in [3.8, 4) is 11.1 Å². The molecule has 3 aromatic carbocycles. The van der Waals surface area contributed by atoms with Crippen LogP contribution in [0.1, 0.15) is 67.3 Å². The third-order valence-corrected chi connectivity index (χ3v) is 8.95. The Labute approximate surface area is 267 Å². The molecule has 7 heteroatoms. The zero-order chi connectivity index (χ0) is 31.6. The molecule has 2 N–H and O–H groups in total. The zero-order valence-corrected chi connectivity index (χ0v) is 26.3. The van der Waals surface area contributed by atoms with Gasteiger partial charge in [0.15, 0.2) is 6.29 Å². The Morgan fingerprint density at radius 1 is 0.956 bits per heavy atom. The first-order chi connectivity index (χ1) is 22.0. The molecule has 238 valence electrons. The second-order valence-corrected chi connectivity index (χ2v) is 12.1. The van der Waals surface area contributed by atoms with Gasteiger partial charge in [-0.2, -0.15) is 0 Å². The van der Waals surface area contributed by atoms with E-state index in [1.807, 2.05) is 30.3 Å². The highest BCUT2D eigenvalue weighted by molar-refractivity contribution is 5.68. The number of aliphatic hydroxyl groups is 1. The number of benzene rings is 3. The van der Waals surface area contributed by atoms with Crippen LogP contribution in [0.4, 0.5) is 4.79 Å². The number of rotatable bonds is 13. The summed E-state index contributed by atoms with van der Waals surface area (Å²) in [7, 11) is 0. The highest BCUT2D eigenvalue weighted by Crippen LogP contribution is 2.42. The fourth-order valence-electron chi connectivity index (χ4n) is 6.42. The van der Waals surface area contributed by atoms with Crippen LogP contribution in [0.25, 0.3) is 11.1 Å². The summed E-state index contributed by atoms with van der Waals surface area (Å²) >= 11 is 0. The molecule has 2 aliphatic rings. The van der Waals surface area contributed by atoms with Gasteiger partial charge in [-0.15, -0.1) is 6.58 Å². The highest BCUT2D eigenvalue weighted by Gasteiger charge is 2.40. The Morgan fingerprint density at radius 3 is 2.38 bits per heavy atom. The fourth-order valence-corrected chi connectivity index (χ4v) is 6.42. The summed E-state index contributed by atoms with van der Waals surface area (Å²) < 4.78 is 18.5. The van der Waals surface area contributed by atoms with Crippen molar-refractivity contribution in [1.82, 2.24) is 10.2 Å². The number of carbonyl (C=O) groups is 1. The number of amides is 1. The first-order valence-corrected chi connectivity index (χ1v) is 16.1. The van der Waals surface area contributed by atoms with Crippen LogP contribution in [-0.4, -0.2) is 47.9 Å². The van der Waals surface area contributed by atoms with Gasteiger partial charge in [-0.05, 0) is 46.7 Å². The number of carbonyl (C=O) groups excluding carboxylic acids is 1. The van der Waals surface area contributed by atoms with Gasteiger partial charge in [-0.1, -0.05) is 105 Å². The first kappa shape index (κ1) is 32.6. The zero-order valence-electron chi connectivity index (χ0n) is 26.3. The normalized spacial score (nSPS) is 21.8. The number of alkyl carbamates (subject to hydrolysis) is 1. The van der Waals surface area contributed by atoms with Gasteiger partial charge >= 0.3 is 6.09 Å². The van der Waals surface area contributed by atoms with E-state index < -0.39 is 12.4 Å². The number of hydrogen-bond acceptors (Lipinski definition) is 6. The van der Waals surface area contributed by atoms with Crippen LogP contribution in [0, 0.1) is 5.92 Å². The summed E-state index contributed by atoms with van der Waals surface area (Å²) in [6.45, 7) is 12.0. The van der Waals surface area contributed by atoms with Crippen LogP contribution in [0.15, 0.2) is 98.1 Å². The molecule has 0 spiro atoms. The van der Waals surface area contributed by atoms with Crippen LogP contribution < -0.4 is 5.32 Å². The van der Waals surface area contributed by atoms with Crippen molar-refractivity contribution in [3.05, 3.63) is 120 Å². The summed E-state index contributed by atoms with van der Waals surface area (Å²) in [6, 6.07) is 25.1. The van der Waals surface area contributed by atoms with Gasteiger partial charge in [0.2, 0.25) is 0 Å². The topological polar surface area (TPSA) is 80.3 Å². The third kappa shape index (κ3) is 8.50. The van der Waals surface area contributed by atoms with Crippen LogP contribution in [0.3, 0.4) is 0 Å². The summed E-state index contributed by atoms with van der Waals surface area (Å²) in [5.74, 6) is 0.125. The molecule has 1 saturated carbocycles. The Hall–Kier alpha value is -3.75. The molecule has 2 fully saturated rings. The molecule has 1 heterocycles. The maximum atomic E-state index is 11.8. The molecule has 4 atom stereocenters. The fraction of sp³-hybridized carbons (Fsp3) is 0.395. The second kappa shape index (κ2) is 16.0. The summed E-state index contributed by atoms with van der Waals surface area (Å²) in [6.07, 6.45) is 7.36. The maximum absolute atomic E-state index is 11.8. The Morgan fingerprint density at radius 2 is 1.69 bits per heavy atom. The summed E-state index contributed by atoms with van der Waals surface area (Å²) in [4.78, 5) is 14.4. The molecule has 1 saturated heterocycles. The minimum Gasteiger partial charge on any atom is -0.445 e. The maximum Gasteiger partial charge on any atom is 0.407 e. The van der Waals surface area contributed by atoms with E-state index in [0.717, 1.165) is 46.5 Å². The molecule has 3 aromatic rings. The van der Waals surface area contributed by atoms with E-state index in [1.165, 1.54) is 31.8 Å². The van der Waals surface area contributed by atoms with E-state index in [1.54, 1.807) is 0 Å². The van der Waals surface area contributed by atoms with Gasteiger partial charge in [-0.3, -0.25) is 4.90 Å². The van der Waals surface area contributed by atoms with Crippen LogP contribution >= 0.6 is 0 Å². The monoisotopic (exact) mass is 610 g/mol. The quantitative estimate of drug-likeness (QED) is 0.195. The highest BCUT2D eigenvalue weighted by atomic mass is 16.7. The van der Waals surface area contributed by atoms with Crippen molar-refractivity contribution in [2.24, 2.45) is 5.92 Å². The van der Waals surface area contributed by atoms with E-state index >= 15 is 0 Å². The minimum atomic E-state index is -0.519. The van der Waals surface area contributed by atoms with Crippen LogP contribution in [0.2, 0.25) is 0 Å². The van der Waals surface area contributed by atoms with Crippen molar-refractivity contribution >= 4 is 6.09 Å². The predicted octanol–water partition coefficient (Wildman–Crippen LogP) is 7.48. The minimum absolute atomic E-state index is 0.0155. The molecular weight excluding hydrogens is 564 g/mol. The average Bonchev–Trinajstić information content (AvgIpc) is 3.62. The van der Waals surface area contributed by atoms with E-state index in [9.17, 15) is 9.90 Å². The summed E-state index contributed by atoms with van der Waals surface area (Å²) in [5, 5.41) is 12.4. The largest absolute Gasteiger partial charge is 0.445 e. The number of hydrogen-bond donors (Lipinski definition) is 2. The molecule has 1 aliphatic heterocycles. The molecule has 0 bridgehead atoms. The van der Waals surface area contributed by atoms with E-state index in [4.69, 9.17) is 14.2 Å². The second-order valence-electron chi connectivity index (χ2n) is 12.1. The summed E-state index contributed by atoms with van der Waals surface area (Å²) in [5.41, 5.74) is 6.02. The van der Waals surface area contributed by atoms with Crippen LogP contribution in [-0.2, 0) is 27.4 Å². The van der Waals surface area contributed by atoms with Crippen molar-refractivity contribution in [2.75, 3.05) is 19.7 Å². The molecule has 5 rings (SSSR count). The Bertz CT molecular complexity index is 1400. The lowest BCUT2D eigenvalue weighted by molar-refractivity contribution is -0.276. The van der Waals surface area contributed by atoms with E-state index in [-0.39, 0.29) is 31.3 Å². The number of nitrogens with one attached hydrogen (secondary N) is 1. The molecule has 4 unspecified atom stereocenters. The van der Waals surface area contributed by atoms with Gasteiger partial charge in [-0.25, -0.2) is 4.79 Å². The molecule has 0 aromatic heterocycles. The molecule has 0 radical (unpaired) electrons. The number of aliphatic hydroxyl groups excluding tert-OH is 1. The molecule has 1 aliphatic carbocycles. The van der Waals surface area contributed by atoms with Gasteiger partial charge in [0.05, 0.1) is 18.8 Å². The molecule has 1 amide bonds. The van der Waals surface area contributed by atoms with Gasteiger partial charge in [0, 0.05) is 37.2 Å². The van der Waals surface area contributed by atoms with Gasteiger partial charge in [0.25, 0.3) is 0 Å². The van der Waals surface area contributed by atoms with Crippen LogP contribution in [0.5, 0.6) is 0 Å². The van der Waals surface area contributed by atoms with Crippen molar-refractivity contribution in [3.63, 3.8) is 0 Å². The van der Waals surface area contributed by atoms with Crippen molar-refractivity contribution in [2.45, 2.75) is 70.3 Å². The Kier molecular flexibility index (Phi) is 11.6. The van der Waals surface area contributed by atoms with Gasteiger partial charge in [0.1, 0.15) is 6.61 Å². The van der Waals surface area contributed by atoms with Gasteiger partial charge < -0.3 is 24.6 Å². The van der Waals surface area contributed by atoms with E-state index in [0.29, 0.717) is 12.6 Å². The smallest absolute Gasteiger partial charge is 0.407 e. The SMILES string of the molecule is C=CCOC(=O)NCc1cccc(-c2ccc(C3OC(CN(CC=C)C4CCCC4)C(C)C(c4ccc(CO)cc4)O3)cc2)c1. The number of nitrogens with zero attached hydrogens (tertiary/aromatic N) is 1. The van der Waals surface area contributed by atoms with Crippen molar-refractivity contribution in [1.29, 1.82) is 0 Å². The third-order valence-electron chi connectivity index (χ3n) is 8.95. The molecule has 45 heavy (non-hydrogen) atoms. The lowest BCUT2D eigenvalue weighted by Crippen LogP contribution is -2.47. The van der Waals surface area contributed by atoms with Crippen molar-refractivity contribution < 1.29 is 24.1 Å². The number of ether oxygens (including phenoxy) is 3. The lowest BCUT2D eigenvalue weighted by Gasteiger charge is -2.43. The average molecular weight is 611 g/mol.